The van der Waals surface area contributed by atoms with Crippen molar-refractivity contribution in [1.82, 2.24) is 5.43 Å². The number of nitrogens with one attached hydrogen (secondary N) is 1. The summed E-state index contributed by atoms with van der Waals surface area (Å²) in [5.41, 5.74) is 3.26. The quantitative estimate of drug-likeness (QED) is 0.662. The van der Waals surface area contributed by atoms with E-state index in [9.17, 15) is 0 Å². The first kappa shape index (κ1) is 14.5. The van der Waals surface area contributed by atoms with Gasteiger partial charge in [0, 0.05) is 17.5 Å². The van der Waals surface area contributed by atoms with Gasteiger partial charge in [0.15, 0.2) is 0 Å². The van der Waals surface area contributed by atoms with Crippen molar-refractivity contribution in [1.29, 1.82) is 0 Å². The molecule has 1 aromatic heterocycles. The van der Waals surface area contributed by atoms with Crippen molar-refractivity contribution < 1.29 is 4.74 Å². The van der Waals surface area contributed by atoms with Crippen molar-refractivity contribution in [2.75, 3.05) is 6.61 Å². The van der Waals surface area contributed by atoms with Crippen LogP contribution in [-0.4, -0.2) is 18.2 Å². The molecule has 0 radical (unpaired) electrons. The number of hydrazine groups is 1. The summed E-state index contributed by atoms with van der Waals surface area (Å²) in [5.74, 6) is 6.50. The van der Waals surface area contributed by atoms with Crippen molar-refractivity contribution in [2.45, 2.75) is 63.0 Å². The van der Waals surface area contributed by atoms with Crippen LogP contribution in [0.25, 0.3) is 0 Å². The van der Waals surface area contributed by atoms with Crippen molar-refractivity contribution in [3.63, 3.8) is 0 Å². The lowest BCUT2D eigenvalue weighted by Gasteiger charge is -2.45. The minimum atomic E-state index is 0.172. The predicted molar refractivity (Wildman–Crippen MR) is 83.6 cm³/mol. The monoisotopic (exact) mass is 294 g/mol. The molecule has 1 saturated heterocycles. The van der Waals surface area contributed by atoms with E-state index in [0.717, 1.165) is 19.4 Å². The van der Waals surface area contributed by atoms with Crippen molar-refractivity contribution >= 4 is 11.3 Å². The lowest BCUT2D eigenvalue weighted by atomic mass is 9.73. The van der Waals surface area contributed by atoms with E-state index in [1.54, 1.807) is 0 Å². The SMILES string of the molecule is NNC(Cc1cccs1)C1CCOC2(CCCCC2)C1. The third-order valence-corrected chi connectivity index (χ3v) is 5.98. The summed E-state index contributed by atoms with van der Waals surface area (Å²) in [5, 5.41) is 2.15. The van der Waals surface area contributed by atoms with Gasteiger partial charge in [-0.1, -0.05) is 25.3 Å². The minimum absolute atomic E-state index is 0.172. The van der Waals surface area contributed by atoms with E-state index in [-0.39, 0.29) is 5.60 Å². The molecule has 3 nitrogen and oxygen atoms in total. The van der Waals surface area contributed by atoms with Gasteiger partial charge in [-0.15, -0.1) is 11.3 Å². The van der Waals surface area contributed by atoms with Crippen LogP contribution in [0.3, 0.4) is 0 Å². The Labute approximate surface area is 125 Å². The second-order valence-electron chi connectivity index (χ2n) is 6.40. The summed E-state index contributed by atoms with van der Waals surface area (Å²) in [6.45, 7) is 0.910. The van der Waals surface area contributed by atoms with Crippen molar-refractivity contribution in [2.24, 2.45) is 11.8 Å². The van der Waals surface area contributed by atoms with Gasteiger partial charge in [-0.05, 0) is 49.5 Å². The third-order valence-electron chi connectivity index (χ3n) is 5.08. The highest BCUT2D eigenvalue weighted by molar-refractivity contribution is 7.09. The average Bonchev–Trinajstić information content (AvgIpc) is 2.98. The molecule has 0 amide bonds. The zero-order valence-corrected chi connectivity index (χ0v) is 13.0. The van der Waals surface area contributed by atoms with Crippen LogP contribution in [0.1, 0.15) is 49.8 Å². The lowest BCUT2D eigenvalue weighted by molar-refractivity contribution is -0.121. The van der Waals surface area contributed by atoms with Gasteiger partial charge in [0.05, 0.1) is 5.60 Å². The molecule has 0 bridgehead atoms. The minimum Gasteiger partial charge on any atom is -0.375 e. The van der Waals surface area contributed by atoms with Crippen molar-refractivity contribution in [3.8, 4) is 0 Å². The summed E-state index contributed by atoms with van der Waals surface area (Å²) in [6, 6.07) is 4.72. The maximum Gasteiger partial charge on any atom is 0.0685 e. The molecule has 2 atom stereocenters. The first-order valence-electron chi connectivity index (χ1n) is 7.94. The van der Waals surface area contributed by atoms with Gasteiger partial charge >= 0.3 is 0 Å². The van der Waals surface area contributed by atoms with E-state index < -0.39 is 0 Å². The molecule has 2 aliphatic rings. The Morgan fingerprint density at radius 2 is 2.25 bits per heavy atom. The van der Waals surface area contributed by atoms with Crippen LogP contribution < -0.4 is 11.3 Å². The van der Waals surface area contributed by atoms with Crippen LogP contribution in [-0.2, 0) is 11.2 Å². The maximum atomic E-state index is 6.20. The zero-order chi connectivity index (χ0) is 13.8. The molecule has 1 aromatic rings. The van der Waals surface area contributed by atoms with Gasteiger partial charge in [0.2, 0.25) is 0 Å². The van der Waals surface area contributed by atoms with Gasteiger partial charge < -0.3 is 4.74 Å². The highest BCUT2D eigenvalue weighted by Crippen LogP contribution is 2.41. The number of hydrogen-bond donors (Lipinski definition) is 2. The van der Waals surface area contributed by atoms with Gasteiger partial charge in [-0.2, -0.15) is 0 Å². The Balaban J connectivity index is 1.65. The molecule has 1 aliphatic heterocycles. The van der Waals surface area contributed by atoms with Gasteiger partial charge in [0.25, 0.3) is 0 Å². The van der Waals surface area contributed by atoms with E-state index in [1.165, 1.54) is 43.4 Å². The fraction of sp³-hybridized carbons (Fsp3) is 0.750. The predicted octanol–water partition coefficient (Wildman–Crippen LogP) is 3.25. The Morgan fingerprint density at radius 3 is 2.95 bits per heavy atom. The standard InChI is InChI=1S/C16H26N2OS/c17-18-15(11-14-5-4-10-20-14)13-6-9-19-16(12-13)7-2-1-3-8-16/h4-5,10,13,15,18H,1-3,6-9,11-12,17H2. The van der Waals surface area contributed by atoms with Crippen molar-refractivity contribution in [3.05, 3.63) is 22.4 Å². The Kier molecular flexibility index (Phi) is 4.76. The Bertz CT molecular complexity index is 395. The Hall–Kier alpha value is -0.420. The largest absolute Gasteiger partial charge is 0.375 e. The van der Waals surface area contributed by atoms with Crippen LogP contribution in [0.2, 0.25) is 0 Å². The lowest BCUT2D eigenvalue weighted by Crippen LogP contribution is -2.50. The van der Waals surface area contributed by atoms with E-state index in [2.05, 4.69) is 22.9 Å². The molecular formula is C16H26N2OS. The second-order valence-corrected chi connectivity index (χ2v) is 7.43. The number of ether oxygens (including phenoxy) is 1. The first-order chi connectivity index (χ1) is 9.81. The molecule has 112 valence electrons. The third kappa shape index (κ3) is 3.25. The summed E-state index contributed by atoms with van der Waals surface area (Å²) < 4.78 is 6.20. The highest BCUT2D eigenvalue weighted by Gasteiger charge is 2.40. The first-order valence-corrected chi connectivity index (χ1v) is 8.82. The van der Waals surface area contributed by atoms with E-state index in [1.807, 2.05) is 11.3 Å². The van der Waals surface area contributed by atoms with Gasteiger partial charge in [-0.25, -0.2) is 0 Å². The smallest absolute Gasteiger partial charge is 0.0685 e. The van der Waals surface area contributed by atoms with Gasteiger partial charge in [-0.3, -0.25) is 11.3 Å². The van der Waals surface area contributed by atoms with Crippen LogP contribution in [0, 0.1) is 5.92 Å². The van der Waals surface area contributed by atoms with Crippen LogP contribution in [0.15, 0.2) is 17.5 Å². The molecule has 0 aromatic carbocycles. The molecule has 4 heteroatoms. The highest BCUT2D eigenvalue weighted by atomic mass is 32.1. The van der Waals surface area contributed by atoms with Gasteiger partial charge in [0.1, 0.15) is 0 Å². The molecule has 2 unspecified atom stereocenters. The maximum absolute atomic E-state index is 6.20. The topological polar surface area (TPSA) is 47.3 Å². The van der Waals surface area contributed by atoms with Crippen LogP contribution in [0.4, 0.5) is 0 Å². The molecule has 2 fully saturated rings. The fourth-order valence-corrected chi connectivity index (χ4v) is 4.73. The normalized spacial score (nSPS) is 27.6. The summed E-state index contributed by atoms with van der Waals surface area (Å²) in [4.78, 5) is 1.43. The van der Waals surface area contributed by atoms with E-state index in [4.69, 9.17) is 10.6 Å². The molecule has 1 saturated carbocycles. The van der Waals surface area contributed by atoms with Crippen LogP contribution >= 0.6 is 11.3 Å². The Morgan fingerprint density at radius 1 is 1.40 bits per heavy atom. The fourth-order valence-electron chi connectivity index (χ4n) is 3.96. The zero-order valence-electron chi connectivity index (χ0n) is 12.1. The van der Waals surface area contributed by atoms with E-state index in [0.29, 0.717) is 12.0 Å². The van der Waals surface area contributed by atoms with E-state index >= 15 is 0 Å². The number of thiophene rings is 1. The second kappa shape index (κ2) is 6.56. The number of rotatable bonds is 4. The summed E-state index contributed by atoms with van der Waals surface area (Å²) >= 11 is 1.83. The molecule has 1 aliphatic carbocycles. The molecule has 2 heterocycles. The molecule has 3 rings (SSSR count). The average molecular weight is 294 g/mol. The molecule has 20 heavy (non-hydrogen) atoms. The molecular weight excluding hydrogens is 268 g/mol. The number of hydrogen-bond acceptors (Lipinski definition) is 4. The van der Waals surface area contributed by atoms with Crippen LogP contribution in [0.5, 0.6) is 0 Å². The summed E-state index contributed by atoms with van der Waals surface area (Å²) in [6.07, 6.45) is 9.92. The number of nitrogens with two attached hydrogens (primary N) is 1. The molecule has 3 N–H and O–H groups in total. The molecule has 1 spiro atoms. The summed E-state index contributed by atoms with van der Waals surface area (Å²) in [7, 11) is 0.